The van der Waals surface area contributed by atoms with Gasteiger partial charge < -0.3 is 4.90 Å². The molecule has 1 nitrogen and oxygen atoms in total. The normalized spacial score (nSPS) is 11.3. The Morgan fingerprint density at radius 3 is 1.60 bits per heavy atom. The van der Waals surface area contributed by atoms with Crippen LogP contribution in [0.5, 0.6) is 0 Å². The van der Waals surface area contributed by atoms with Gasteiger partial charge in [-0.2, -0.15) is 0 Å². The minimum Gasteiger partial charge on any atom is -0.310 e. The standard InChI is InChI=1S/C40H27NS/c1-3-9-28(10-4-1)29-15-17-30(18-16-29)31-19-22-34(23-20-31)41(33-12-5-2-6-13-33)35-24-26-37-38-25-21-32-11-7-8-14-36(32)40(38)42-39(37)27-35/h1-27H. The third kappa shape index (κ3) is 4.34. The van der Waals surface area contributed by atoms with Gasteiger partial charge in [0, 0.05) is 37.2 Å². The minimum absolute atomic E-state index is 1.14. The summed E-state index contributed by atoms with van der Waals surface area (Å²) in [6.07, 6.45) is 0. The summed E-state index contributed by atoms with van der Waals surface area (Å²) in [5.41, 5.74) is 8.33. The summed E-state index contributed by atoms with van der Waals surface area (Å²) >= 11 is 1.89. The molecular weight excluding hydrogens is 527 g/mol. The molecule has 198 valence electrons. The molecule has 0 aliphatic carbocycles. The van der Waals surface area contributed by atoms with Crippen LogP contribution in [-0.2, 0) is 0 Å². The zero-order valence-electron chi connectivity index (χ0n) is 22.9. The van der Waals surface area contributed by atoms with Gasteiger partial charge in [0.25, 0.3) is 0 Å². The van der Waals surface area contributed by atoms with Crippen LogP contribution in [0.1, 0.15) is 0 Å². The van der Waals surface area contributed by atoms with E-state index < -0.39 is 0 Å². The lowest BCUT2D eigenvalue weighted by Gasteiger charge is -2.25. The highest BCUT2D eigenvalue weighted by Gasteiger charge is 2.15. The van der Waals surface area contributed by atoms with Gasteiger partial charge in [0.05, 0.1) is 0 Å². The van der Waals surface area contributed by atoms with Gasteiger partial charge in [-0.05, 0) is 69.4 Å². The van der Waals surface area contributed by atoms with Crippen LogP contribution in [0.15, 0.2) is 164 Å². The van der Waals surface area contributed by atoms with E-state index in [0.29, 0.717) is 0 Å². The minimum atomic E-state index is 1.14. The Morgan fingerprint density at radius 1 is 0.357 bits per heavy atom. The van der Waals surface area contributed by atoms with Crippen LogP contribution < -0.4 is 4.90 Å². The Labute approximate surface area is 249 Å². The molecule has 0 spiro atoms. The highest BCUT2D eigenvalue weighted by atomic mass is 32.1. The van der Waals surface area contributed by atoms with Crippen molar-refractivity contribution in [2.75, 3.05) is 4.90 Å². The van der Waals surface area contributed by atoms with E-state index in [1.807, 2.05) is 11.3 Å². The van der Waals surface area contributed by atoms with Crippen molar-refractivity contribution < 1.29 is 0 Å². The molecule has 8 rings (SSSR count). The summed E-state index contributed by atoms with van der Waals surface area (Å²) in [6, 6.07) is 59.0. The topological polar surface area (TPSA) is 3.24 Å². The molecule has 0 radical (unpaired) electrons. The Balaban J connectivity index is 1.18. The van der Waals surface area contributed by atoms with E-state index >= 15 is 0 Å². The second-order valence-electron chi connectivity index (χ2n) is 10.6. The summed E-state index contributed by atoms with van der Waals surface area (Å²) in [5.74, 6) is 0. The molecule has 0 atom stereocenters. The van der Waals surface area contributed by atoms with E-state index in [4.69, 9.17) is 0 Å². The second-order valence-corrected chi connectivity index (χ2v) is 11.7. The summed E-state index contributed by atoms with van der Waals surface area (Å²) < 4.78 is 2.66. The van der Waals surface area contributed by atoms with Gasteiger partial charge in [0.1, 0.15) is 0 Å². The molecule has 0 unspecified atom stereocenters. The van der Waals surface area contributed by atoms with E-state index in [-0.39, 0.29) is 0 Å². The largest absolute Gasteiger partial charge is 0.310 e. The molecular formula is C40H27NS. The maximum absolute atomic E-state index is 2.35. The molecule has 0 saturated heterocycles. The Hall–Kier alpha value is -5.18. The lowest BCUT2D eigenvalue weighted by Crippen LogP contribution is -2.09. The number of para-hydroxylation sites is 1. The van der Waals surface area contributed by atoms with Crippen LogP contribution in [0.4, 0.5) is 17.1 Å². The van der Waals surface area contributed by atoms with Crippen LogP contribution in [0.3, 0.4) is 0 Å². The molecule has 0 amide bonds. The molecule has 2 heteroatoms. The second kappa shape index (κ2) is 10.3. The van der Waals surface area contributed by atoms with Crippen molar-refractivity contribution in [3.8, 4) is 22.3 Å². The van der Waals surface area contributed by atoms with Gasteiger partial charge in [-0.25, -0.2) is 0 Å². The number of hydrogen-bond acceptors (Lipinski definition) is 2. The number of hydrogen-bond donors (Lipinski definition) is 0. The fourth-order valence-corrected chi connectivity index (χ4v) is 7.22. The molecule has 8 aromatic rings. The van der Waals surface area contributed by atoms with Crippen LogP contribution in [0, 0.1) is 0 Å². The van der Waals surface area contributed by atoms with Gasteiger partial charge in [-0.3, -0.25) is 0 Å². The van der Waals surface area contributed by atoms with Crippen LogP contribution in [0.25, 0.3) is 53.2 Å². The van der Waals surface area contributed by atoms with Crippen molar-refractivity contribution in [1.29, 1.82) is 0 Å². The number of rotatable bonds is 5. The molecule has 0 aliphatic rings. The fourth-order valence-electron chi connectivity index (χ4n) is 5.95. The van der Waals surface area contributed by atoms with E-state index in [1.54, 1.807) is 0 Å². The zero-order chi connectivity index (χ0) is 27.9. The average Bonchev–Trinajstić information content (AvgIpc) is 3.45. The summed E-state index contributed by atoms with van der Waals surface area (Å²) in [5, 5.41) is 5.25. The van der Waals surface area contributed by atoms with Crippen LogP contribution in [0.2, 0.25) is 0 Å². The van der Waals surface area contributed by atoms with E-state index in [9.17, 15) is 0 Å². The third-order valence-electron chi connectivity index (χ3n) is 8.07. The number of nitrogens with zero attached hydrogens (tertiary/aromatic N) is 1. The predicted molar refractivity (Wildman–Crippen MR) is 182 cm³/mol. The SMILES string of the molecule is c1ccc(-c2ccc(-c3ccc(N(c4ccccc4)c4ccc5c(c4)sc4c6ccccc6ccc54)cc3)cc2)cc1. The number of thiophene rings is 1. The smallest absolute Gasteiger partial charge is 0.0476 e. The Kier molecular flexibility index (Phi) is 6.05. The van der Waals surface area contributed by atoms with Gasteiger partial charge in [-0.15, -0.1) is 11.3 Å². The summed E-state index contributed by atoms with van der Waals surface area (Å²) in [4.78, 5) is 2.35. The Bertz CT molecular complexity index is 2160. The highest BCUT2D eigenvalue weighted by Crippen LogP contribution is 2.42. The van der Waals surface area contributed by atoms with Gasteiger partial charge in [0.15, 0.2) is 0 Å². The predicted octanol–water partition coefficient (Wildman–Crippen LogP) is 12.0. The molecule has 1 heterocycles. The lowest BCUT2D eigenvalue weighted by molar-refractivity contribution is 1.29. The van der Waals surface area contributed by atoms with E-state index in [0.717, 1.165) is 17.1 Å². The molecule has 0 aliphatic heterocycles. The summed E-state index contributed by atoms with van der Waals surface area (Å²) in [6.45, 7) is 0. The van der Waals surface area contributed by atoms with Crippen molar-refractivity contribution in [1.82, 2.24) is 0 Å². The first kappa shape index (κ1) is 24.6. The number of anilines is 3. The zero-order valence-corrected chi connectivity index (χ0v) is 23.8. The molecule has 0 fully saturated rings. The van der Waals surface area contributed by atoms with E-state index in [1.165, 1.54) is 53.2 Å². The monoisotopic (exact) mass is 553 g/mol. The van der Waals surface area contributed by atoms with Gasteiger partial charge >= 0.3 is 0 Å². The Morgan fingerprint density at radius 2 is 0.881 bits per heavy atom. The van der Waals surface area contributed by atoms with Gasteiger partial charge in [-0.1, -0.05) is 127 Å². The molecule has 42 heavy (non-hydrogen) atoms. The maximum atomic E-state index is 2.35. The quantitative estimate of drug-likeness (QED) is 0.205. The summed E-state index contributed by atoms with van der Waals surface area (Å²) in [7, 11) is 0. The van der Waals surface area contributed by atoms with E-state index in [2.05, 4.69) is 169 Å². The molecule has 1 aromatic heterocycles. The molecule has 0 N–H and O–H groups in total. The average molecular weight is 554 g/mol. The lowest BCUT2D eigenvalue weighted by atomic mass is 10.00. The van der Waals surface area contributed by atoms with Crippen molar-refractivity contribution in [2.45, 2.75) is 0 Å². The van der Waals surface area contributed by atoms with Crippen molar-refractivity contribution in [2.24, 2.45) is 0 Å². The van der Waals surface area contributed by atoms with Crippen LogP contribution >= 0.6 is 11.3 Å². The third-order valence-corrected chi connectivity index (χ3v) is 9.27. The van der Waals surface area contributed by atoms with Crippen LogP contribution in [-0.4, -0.2) is 0 Å². The maximum Gasteiger partial charge on any atom is 0.0476 e. The van der Waals surface area contributed by atoms with Crippen molar-refractivity contribution in [3.05, 3.63) is 164 Å². The molecule has 7 aromatic carbocycles. The molecule has 0 saturated carbocycles. The first-order valence-corrected chi connectivity index (χ1v) is 15.1. The number of fused-ring (bicyclic) bond motifs is 5. The first-order valence-electron chi connectivity index (χ1n) is 14.3. The van der Waals surface area contributed by atoms with Gasteiger partial charge in [0.2, 0.25) is 0 Å². The highest BCUT2D eigenvalue weighted by molar-refractivity contribution is 7.26. The number of benzene rings is 7. The molecule has 0 bridgehead atoms. The first-order chi connectivity index (χ1) is 20.8. The van der Waals surface area contributed by atoms with Crippen molar-refractivity contribution in [3.63, 3.8) is 0 Å². The fraction of sp³-hybridized carbons (Fsp3) is 0. The van der Waals surface area contributed by atoms with Crippen molar-refractivity contribution >= 4 is 59.3 Å².